The monoisotopic (exact) mass is 991 g/mol. The van der Waals surface area contributed by atoms with Gasteiger partial charge in [-0.3, -0.25) is 18.6 Å². The number of likely N-dealkylation sites (N-methyl/N-ethyl adjacent to an activating group) is 1. The Labute approximate surface area is 427 Å². The highest BCUT2D eigenvalue weighted by atomic mass is 31.2. The number of hydrogen-bond donors (Lipinski definition) is 1. The van der Waals surface area contributed by atoms with Gasteiger partial charge >= 0.3 is 19.8 Å². The van der Waals surface area contributed by atoms with Crippen LogP contribution in [0.2, 0.25) is 0 Å². The molecule has 1 N–H and O–H groups in total. The lowest BCUT2D eigenvalue weighted by molar-refractivity contribution is -0.870. The van der Waals surface area contributed by atoms with E-state index >= 15 is 0 Å². The molecule has 0 aromatic carbocycles. The fourth-order valence-corrected chi connectivity index (χ4v) is 7.10. The van der Waals surface area contributed by atoms with Crippen LogP contribution >= 0.6 is 7.82 Å². The number of carbonyl (C=O) groups is 2. The van der Waals surface area contributed by atoms with Gasteiger partial charge in [0.1, 0.15) is 19.8 Å². The molecule has 2 atom stereocenters. The first-order chi connectivity index (χ1) is 34.0. The van der Waals surface area contributed by atoms with Crippen LogP contribution in [0.4, 0.5) is 0 Å². The number of quaternary nitrogens is 1. The number of esters is 2. The molecule has 0 bridgehead atoms. The van der Waals surface area contributed by atoms with E-state index in [2.05, 4.69) is 141 Å². The molecule has 0 rings (SSSR count). The van der Waals surface area contributed by atoms with Gasteiger partial charge in [-0.2, -0.15) is 0 Å². The van der Waals surface area contributed by atoms with Crippen molar-refractivity contribution < 1.29 is 42.1 Å². The lowest BCUT2D eigenvalue weighted by Crippen LogP contribution is -2.37. The van der Waals surface area contributed by atoms with E-state index in [4.69, 9.17) is 18.5 Å². The molecule has 10 heteroatoms. The van der Waals surface area contributed by atoms with Crippen LogP contribution in [-0.2, 0) is 32.7 Å². The lowest BCUT2D eigenvalue weighted by Gasteiger charge is -2.24. The molecule has 70 heavy (non-hydrogen) atoms. The second kappa shape index (κ2) is 49.9. The Kier molecular flexibility index (Phi) is 46.9. The molecule has 0 heterocycles. The van der Waals surface area contributed by atoms with Gasteiger partial charge in [0.25, 0.3) is 0 Å². The lowest BCUT2D eigenvalue weighted by atomic mass is 10.1. The van der Waals surface area contributed by atoms with Crippen LogP contribution in [0.15, 0.2) is 146 Å². The molecule has 9 nitrogen and oxygen atoms in total. The summed E-state index contributed by atoms with van der Waals surface area (Å²) in [5.74, 6) is -0.967. The third-order valence-electron chi connectivity index (χ3n) is 10.4. The average Bonchev–Trinajstić information content (AvgIpc) is 3.32. The van der Waals surface area contributed by atoms with E-state index in [0.717, 1.165) is 96.3 Å². The van der Waals surface area contributed by atoms with Crippen LogP contribution in [0, 0.1) is 0 Å². The van der Waals surface area contributed by atoms with Crippen molar-refractivity contribution >= 4 is 19.8 Å². The largest absolute Gasteiger partial charge is 0.472 e. The van der Waals surface area contributed by atoms with Crippen molar-refractivity contribution in [2.45, 2.75) is 174 Å². The van der Waals surface area contributed by atoms with Crippen LogP contribution in [0.5, 0.6) is 0 Å². The molecule has 0 fully saturated rings. The molecule has 394 valence electrons. The van der Waals surface area contributed by atoms with Crippen LogP contribution in [0.3, 0.4) is 0 Å². The third-order valence-corrected chi connectivity index (χ3v) is 11.4. The van der Waals surface area contributed by atoms with Crippen molar-refractivity contribution in [3.05, 3.63) is 146 Å². The van der Waals surface area contributed by atoms with Crippen LogP contribution in [0.25, 0.3) is 0 Å². The number of nitrogens with zero attached hydrogens (tertiary/aromatic N) is 1. The summed E-state index contributed by atoms with van der Waals surface area (Å²) in [6.07, 6.45) is 73.7. The molecule has 0 aliphatic carbocycles. The highest BCUT2D eigenvalue weighted by molar-refractivity contribution is 7.47. The van der Waals surface area contributed by atoms with Gasteiger partial charge in [-0.25, -0.2) is 4.57 Å². The van der Waals surface area contributed by atoms with Gasteiger partial charge in [-0.05, 0) is 96.3 Å². The number of carbonyl (C=O) groups excluding carboxylic acids is 2. The van der Waals surface area contributed by atoms with E-state index in [1.54, 1.807) is 6.08 Å². The molecule has 0 radical (unpaired) electrons. The average molecular weight is 991 g/mol. The van der Waals surface area contributed by atoms with Gasteiger partial charge in [0.15, 0.2) is 6.10 Å². The van der Waals surface area contributed by atoms with E-state index < -0.39 is 32.5 Å². The number of rotatable bonds is 46. The molecular formula is C60H97NO8P+. The van der Waals surface area contributed by atoms with Crippen molar-refractivity contribution in [1.82, 2.24) is 0 Å². The summed E-state index contributed by atoms with van der Waals surface area (Å²) in [5.41, 5.74) is 0. The van der Waals surface area contributed by atoms with Gasteiger partial charge in [0.2, 0.25) is 0 Å². The Morgan fingerprint density at radius 1 is 0.457 bits per heavy atom. The van der Waals surface area contributed by atoms with Crippen molar-refractivity contribution in [2.24, 2.45) is 0 Å². The minimum Gasteiger partial charge on any atom is -0.461 e. The number of phosphoric ester groups is 1. The quantitative estimate of drug-likeness (QED) is 0.0211. The molecular weight excluding hydrogens is 894 g/mol. The van der Waals surface area contributed by atoms with Crippen molar-refractivity contribution in [3.63, 3.8) is 0 Å². The van der Waals surface area contributed by atoms with E-state index in [1.165, 1.54) is 32.1 Å². The normalized spacial score (nSPS) is 14.5. The predicted molar refractivity (Wildman–Crippen MR) is 297 cm³/mol. The van der Waals surface area contributed by atoms with Gasteiger partial charge in [-0.15, -0.1) is 0 Å². The molecule has 0 aromatic heterocycles. The number of allylic oxidation sites excluding steroid dienone is 23. The summed E-state index contributed by atoms with van der Waals surface area (Å²) in [7, 11) is 1.40. The Morgan fingerprint density at radius 3 is 1.21 bits per heavy atom. The van der Waals surface area contributed by atoms with Gasteiger partial charge in [0, 0.05) is 6.42 Å². The first-order valence-electron chi connectivity index (χ1n) is 26.6. The molecule has 0 saturated carbocycles. The second-order valence-corrected chi connectivity index (χ2v) is 19.6. The SMILES string of the molecule is CC/C=C\C/C=C\C/C=C\C/C=C\C/C=C\C/C=C\C/C=C\CCCCCCCCCCCC(=O)OC(COC(=O)C/C=C\C/C=C\C/C=C\C/C=C\C/C=C\CC)COP(=O)(O)OCC[N+](C)(C)C. The molecule has 0 spiro atoms. The zero-order valence-electron chi connectivity index (χ0n) is 44.4. The molecule has 0 aliphatic rings. The first kappa shape index (κ1) is 65.9. The molecule has 2 unspecified atom stereocenters. The third kappa shape index (κ3) is 53.2. The molecule has 0 saturated heterocycles. The summed E-state index contributed by atoms with van der Waals surface area (Å²) in [5, 5.41) is 0. The van der Waals surface area contributed by atoms with Crippen molar-refractivity contribution in [3.8, 4) is 0 Å². The number of ether oxygens (including phenoxy) is 2. The zero-order valence-corrected chi connectivity index (χ0v) is 45.3. The molecule has 0 aromatic rings. The predicted octanol–water partition coefficient (Wildman–Crippen LogP) is 16.4. The van der Waals surface area contributed by atoms with E-state index in [1.807, 2.05) is 33.3 Å². The minimum absolute atomic E-state index is 0.00834. The highest BCUT2D eigenvalue weighted by Crippen LogP contribution is 2.43. The topological polar surface area (TPSA) is 108 Å². The highest BCUT2D eigenvalue weighted by Gasteiger charge is 2.27. The first-order valence-corrected chi connectivity index (χ1v) is 28.1. The Bertz CT molecular complexity index is 1690. The Balaban J connectivity index is 4.29. The van der Waals surface area contributed by atoms with Gasteiger partial charge < -0.3 is 18.9 Å². The summed E-state index contributed by atoms with van der Waals surface area (Å²) in [6, 6.07) is 0. The van der Waals surface area contributed by atoms with E-state index in [9.17, 15) is 19.0 Å². The molecule has 0 aliphatic heterocycles. The summed E-state index contributed by atoms with van der Waals surface area (Å²) >= 11 is 0. The summed E-state index contributed by atoms with van der Waals surface area (Å²) < 4.78 is 34.3. The van der Waals surface area contributed by atoms with Crippen molar-refractivity contribution in [2.75, 3.05) is 47.5 Å². The smallest absolute Gasteiger partial charge is 0.461 e. The van der Waals surface area contributed by atoms with Crippen molar-refractivity contribution in [1.29, 1.82) is 0 Å². The standard InChI is InChI=1S/C60H96NO8P/c1-6-8-10-12-14-16-18-20-22-23-24-25-26-27-28-29-30-31-32-33-34-35-36-37-39-41-43-45-47-49-51-53-60(63)69-58(57-68-70(64,65)67-55-54-61(3,4)5)56-66-59(62)52-50-48-46-44-42-40-38-21-19-17-15-13-11-9-7-2/h8-11,14-17,20-22,24-25,27-28,30-31,33-34,38,42,44,48,50,58H,6-7,12-13,18-19,23,26,29,32,35-37,39-41,43,45-47,49,51-57H2,1-5H3/p+1/b10-8-,11-9-,16-14-,17-15-,22-20-,25-24-,28-27-,31-30-,34-33-,38-21-,44-42-,50-48-. The Morgan fingerprint density at radius 2 is 0.814 bits per heavy atom. The van der Waals surface area contributed by atoms with Crippen LogP contribution < -0.4 is 0 Å². The zero-order chi connectivity index (χ0) is 51.3. The molecule has 0 amide bonds. The number of hydrogen-bond acceptors (Lipinski definition) is 7. The Hall–Kier alpha value is -4.11. The second-order valence-electron chi connectivity index (χ2n) is 18.2. The van der Waals surface area contributed by atoms with Gasteiger partial charge in [-0.1, -0.05) is 205 Å². The van der Waals surface area contributed by atoms with Crippen LogP contribution in [-0.4, -0.2) is 74.9 Å². The minimum atomic E-state index is -4.41. The fraction of sp³-hybridized carbons (Fsp3) is 0.567. The number of phosphoric acid groups is 1. The maximum Gasteiger partial charge on any atom is 0.472 e. The van der Waals surface area contributed by atoms with E-state index in [0.29, 0.717) is 23.9 Å². The summed E-state index contributed by atoms with van der Waals surface area (Å²) in [6.45, 7) is 4.04. The van der Waals surface area contributed by atoms with Gasteiger partial charge in [0.05, 0.1) is 34.2 Å². The number of unbranched alkanes of at least 4 members (excludes halogenated alkanes) is 9. The fourth-order valence-electron chi connectivity index (χ4n) is 6.36. The summed E-state index contributed by atoms with van der Waals surface area (Å²) in [4.78, 5) is 35.5. The van der Waals surface area contributed by atoms with Crippen LogP contribution in [0.1, 0.15) is 168 Å². The maximum absolute atomic E-state index is 12.8. The van der Waals surface area contributed by atoms with E-state index in [-0.39, 0.29) is 26.1 Å². The maximum atomic E-state index is 12.8.